The van der Waals surface area contributed by atoms with Gasteiger partial charge in [-0.05, 0) is 55.3 Å². The molecule has 4 rings (SSSR count). The van der Waals surface area contributed by atoms with E-state index in [-0.39, 0.29) is 24.3 Å². The molecule has 1 atom stereocenters. The number of rotatable bonds is 8. The summed E-state index contributed by atoms with van der Waals surface area (Å²) in [5.74, 6) is 2.79. The Kier molecular flexibility index (Phi) is 7.06. The summed E-state index contributed by atoms with van der Waals surface area (Å²) in [7, 11) is 0. The molecule has 32 heavy (non-hydrogen) atoms. The van der Waals surface area contributed by atoms with Crippen LogP contribution in [0.5, 0.6) is 17.2 Å². The molecule has 0 saturated carbocycles. The Morgan fingerprint density at radius 1 is 1.25 bits per heavy atom. The third kappa shape index (κ3) is 5.66. The second-order valence-corrected chi connectivity index (χ2v) is 8.60. The average Bonchev–Trinajstić information content (AvgIpc) is 3.26. The Morgan fingerprint density at radius 2 is 2.06 bits per heavy atom. The number of aromatic nitrogens is 3. The van der Waals surface area contributed by atoms with Crippen LogP contribution in [0.4, 0.5) is 0 Å². The van der Waals surface area contributed by atoms with E-state index in [1.54, 1.807) is 12.1 Å². The summed E-state index contributed by atoms with van der Waals surface area (Å²) in [6.45, 7) is 5.15. The highest BCUT2D eigenvalue weighted by Gasteiger charge is 2.16. The molecule has 10 heteroatoms. The van der Waals surface area contributed by atoms with Gasteiger partial charge < -0.3 is 19.5 Å². The van der Waals surface area contributed by atoms with Gasteiger partial charge in [0.25, 0.3) is 0 Å². The number of carbonyl (C=O) groups excluding carboxylic acids is 1. The second kappa shape index (κ2) is 10.1. The van der Waals surface area contributed by atoms with E-state index in [1.807, 2.05) is 38.1 Å². The third-order valence-corrected chi connectivity index (χ3v) is 6.06. The van der Waals surface area contributed by atoms with Crippen molar-refractivity contribution >= 4 is 29.3 Å². The Morgan fingerprint density at radius 3 is 2.88 bits per heavy atom. The molecule has 1 aromatic heterocycles. The number of carbonyl (C=O) groups is 1. The van der Waals surface area contributed by atoms with E-state index in [0.29, 0.717) is 40.7 Å². The van der Waals surface area contributed by atoms with Crippen LogP contribution in [0.25, 0.3) is 0 Å². The maximum Gasteiger partial charge on any atom is 0.230 e. The number of nitrogens with one attached hydrogen (secondary N) is 2. The van der Waals surface area contributed by atoms with Gasteiger partial charge in [-0.2, -0.15) is 0 Å². The highest BCUT2D eigenvalue weighted by Crippen LogP contribution is 2.32. The smallest absolute Gasteiger partial charge is 0.230 e. The summed E-state index contributed by atoms with van der Waals surface area (Å²) in [5.41, 5.74) is 1.89. The van der Waals surface area contributed by atoms with E-state index in [1.165, 1.54) is 11.8 Å². The van der Waals surface area contributed by atoms with E-state index in [4.69, 9.17) is 25.8 Å². The van der Waals surface area contributed by atoms with Crippen molar-refractivity contribution in [2.45, 2.75) is 31.7 Å². The van der Waals surface area contributed by atoms with Gasteiger partial charge in [-0.1, -0.05) is 29.4 Å². The standard InChI is InChI=1S/C22H23ClN4O4S/c1-13-9-16(4-5-17(13)23)31-11-20-25-22(27-26-20)32-12-21(28)24-14(2)15-3-6-18-19(10-15)30-8-7-29-18/h3-6,9-10,14H,7-8,11-12H2,1-2H3,(H,24,28)(H,25,26,27). The minimum absolute atomic E-state index is 0.114. The van der Waals surface area contributed by atoms with E-state index >= 15 is 0 Å². The lowest BCUT2D eigenvalue weighted by atomic mass is 10.1. The highest BCUT2D eigenvalue weighted by molar-refractivity contribution is 7.99. The number of hydrogen-bond acceptors (Lipinski definition) is 7. The topological polar surface area (TPSA) is 98.4 Å². The predicted octanol–water partition coefficient (Wildman–Crippen LogP) is 4.09. The molecule has 8 nitrogen and oxygen atoms in total. The fourth-order valence-corrected chi connectivity index (χ4v) is 3.84. The zero-order valence-corrected chi connectivity index (χ0v) is 19.3. The summed E-state index contributed by atoms with van der Waals surface area (Å²) in [6.07, 6.45) is 0. The number of amides is 1. The molecule has 1 aliphatic heterocycles. The lowest BCUT2D eigenvalue weighted by Crippen LogP contribution is -2.28. The molecule has 0 fully saturated rings. The van der Waals surface area contributed by atoms with Gasteiger partial charge in [0.1, 0.15) is 25.6 Å². The van der Waals surface area contributed by atoms with Crippen LogP contribution in [-0.2, 0) is 11.4 Å². The number of fused-ring (bicyclic) bond motifs is 1. The van der Waals surface area contributed by atoms with Crippen molar-refractivity contribution in [3.63, 3.8) is 0 Å². The fraction of sp³-hybridized carbons (Fsp3) is 0.318. The number of H-pyrrole nitrogens is 1. The Hall–Kier alpha value is -2.91. The molecule has 2 N–H and O–H groups in total. The van der Waals surface area contributed by atoms with Crippen molar-refractivity contribution in [3.05, 3.63) is 58.4 Å². The maximum atomic E-state index is 12.4. The van der Waals surface area contributed by atoms with Crippen molar-refractivity contribution in [1.82, 2.24) is 20.5 Å². The summed E-state index contributed by atoms with van der Waals surface area (Å²) in [5, 5.41) is 11.1. The van der Waals surface area contributed by atoms with Crippen molar-refractivity contribution in [2.75, 3.05) is 19.0 Å². The minimum Gasteiger partial charge on any atom is -0.486 e. The third-order valence-electron chi connectivity index (χ3n) is 4.79. The fourth-order valence-electron chi connectivity index (χ4n) is 3.09. The summed E-state index contributed by atoms with van der Waals surface area (Å²) in [4.78, 5) is 16.7. The minimum atomic E-state index is -0.169. The quantitative estimate of drug-likeness (QED) is 0.474. The van der Waals surface area contributed by atoms with Crippen LogP contribution < -0.4 is 19.5 Å². The molecule has 0 radical (unpaired) electrons. The van der Waals surface area contributed by atoms with Gasteiger partial charge >= 0.3 is 0 Å². The number of aromatic amines is 1. The Labute approximate surface area is 195 Å². The van der Waals surface area contributed by atoms with Gasteiger partial charge in [-0.15, -0.1) is 5.10 Å². The van der Waals surface area contributed by atoms with Gasteiger partial charge in [0.05, 0.1) is 11.8 Å². The molecule has 2 aromatic carbocycles. The number of thioether (sulfide) groups is 1. The zero-order chi connectivity index (χ0) is 22.5. The summed E-state index contributed by atoms with van der Waals surface area (Å²) in [6, 6.07) is 11.0. The van der Waals surface area contributed by atoms with Gasteiger partial charge in [0.2, 0.25) is 11.1 Å². The summed E-state index contributed by atoms with van der Waals surface area (Å²) < 4.78 is 16.9. The van der Waals surface area contributed by atoms with Crippen LogP contribution in [0.3, 0.4) is 0 Å². The molecular weight excluding hydrogens is 452 g/mol. The van der Waals surface area contributed by atoms with Crippen molar-refractivity contribution in [2.24, 2.45) is 0 Å². The molecule has 1 unspecified atom stereocenters. The maximum absolute atomic E-state index is 12.4. The summed E-state index contributed by atoms with van der Waals surface area (Å²) >= 11 is 7.28. The van der Waals surface area contributed by atoms with Gasteiger partial charge in [0, 0.05) is 5.02 Å². The van der Waals surface area contributed by atoms with E-state index < -0.39 is 0 Å². The molecule has 168 valence electrons. The van der Waals surface area contributed by atoms with Gasteiger partial charge in [-0.25, -0.2) is 4.98 Å². The first-order chi connectivity index (χ1) is 15.5. The van der Waals surface area contributed by atoms with E-state index in [0.717, 1.165) is 16.9 Å². The first-order valence-electron chi connectivity index (χ1n) is 10.1. The van der Waals surface area contributed by atoms with Crippen LogP contribution >= 0.6 is 23.4 Å². The van der Waals surface area contributed by atoms with Crippen LogP contribution in [-0.4, -0.2) is 40.1 Å². The second-order valence-electron chi connectivity index (χ2n) is 7.25. The lowest BCUT2D eigenvalue weighted by Gasteiger charge is -2.21. The van der Waals surface area contributed by atoms with Crippen LogP contribution in [0.2, 0.25) is 5.02 Å². The van der Waals surface area contributed by atoms with Gasteiger partial charge in [-0.3, -0.25) is 9.89 Å². The number of nitrogens with zero attached hydrogens (tertiary/aromatic N) is 2. The molecular formula is C22H23ClN4O4S. The van der Waals surface area contributed by atoms with Crippen LogP contribution in [0.1, 0.15) is 29.9 Å². The van der Waals surface area contributed by atoms with Crippen molar-refractivity contribution < 1.29 is 19.0 Å². The monoisotopic (exact) mass is 474 g/mol. The normalized spacial score (nSPS) is 13.5. The SMILES string of the molecule is Cc1cc(OCc2nc(SCC(=O)NC(C)c3ccc4c(c3)OCCO4)n[nH]2)ccc1Cl. The highest BCUT2D eigenvalue weighted by atomic mass is 35.5. The van der Waals surface area contributed by atoms with Crippen molar-refractivity contribution in [1.29, 1.82) is 0 Å². The first-order valence-corrected chi connectivity index (χ1v) is 11.5. The first kappa shape index (κ1) is 22.3. The Bertz CT molecular complexity index is 1110. The molecule has 0 spiro atoms. The lowest BCUT2D eigenvalue weighted by molar-refractivity contribution is -0.119. The van der Waals surface area contributed by atoms with Gasteiger partial charge in [0.15, 0.2) is 17.3 Å². The molecule has 0 aliphatic carbocycles. The molecule has 2 heterocycles. The number of halogens is 1. The zero-order valence-electron chi connectivity index (χ0n) is 17.7. The van der Waals surface area contributed by atoms with Crippen molar-refractivity contribution in [3.8, 4) is 17.2 Å². The number of aryl methyl sites for hydroxylation is 1. The predicted molar refractivity (Wildman–Crippen MR) is 122 cm³/mol. The van der Waals surface area contributed by atoms with E-state index in [9.17, 15) is 4.79 Å². The molecule has 1 amide bonds. The molecule has 3 aromatic rings. The molecule has 1 aliphatic rings. The van der Waals surface area contributed by atoms with Crippen LogP contribution in [0, 0.1) is 6.92 Å². The molecule has 0 bridgehead atoms. The average molecular weight is 475 g/mol. The van der Waals surface area contributed by atoms with Crippen LogP contribution in [0.15, 0.2) is 41.6 Å². The number of ether oxygens (including phenoxy) is 3. The molecule has 0 saturated heterocycles. The number of benzene rings is 2. The largest absolute Gasteiger partial charge is 0.486 e. The van der Waals surface area contributed by atoms with E-state index in [2.05, 4.69) is 20.5 Å². The number of hydrogen-bond donors (Lipinski definition) is 2. The Balaban J connectivity index is 1.24.